The Morgan fingerprint density at radius 1 is 1.14 bits per heavy atom. The van der Waals surface area contributed by atoms with E-state index in [2.05, 4.69) is 5.32 Å². The Morgan fingerprint density at radius 2 is 1.79 bits per heavy atom. The third-order valence-electron chi connectivity index (χ3n) is 1.49. The summed E-state index contributed by atoms with van der Waals surface area (Å²) in [6.07, 6.45) is 0.487. The molecule has 0 aromatic rings. The number of hydrogen-bond acceptors (Lipinski definition) is 3. The summed E-state index contributed by atoms with van der Waals surface area (Å²) in [5, 5.41) is 10.7. The van der Waals surface area contributed by atoms with Gasteiger partial charge in [0.05, 0.1) is 6.42 Å². The molecule has 0 aromatic heterocycles. The number of carbonyl (C=O) groups excluding carboxylic acids is 2. The summed E-state index contributed by atoms with van der Waals surface area (Å²) in [6, 6.07) is 0. The average Bonchev–Trinajstić information content (AvgIpc) is 2.08. The number of primary amides is 1. The van der Waals surface area contributed by atoms with Gasteiger partial charge in [0.2, 0.25) is 11.8 Å². The van der Waals surface area contributed by atoms with Gasteiger partial charge in [0.15, 0.2) is 0 Å². The van der Waals surface area contributed by atoms with E-state index in [1.807, 2.05) is 0 Å². The molecule has 80 valence electrons. The van der Waals surface area contributed by atoms with Crippen molar-refractivity contribution in [3.05, 3.63) is 0 Å². The van der Waals surface area contributed by atoms with Gasteiger partial charge in [0.1, 0.15) is 0 Å². The van der Waals surface area contributed by atoms with E-state index in [0.29, 0.717) is 13.0 Å². The molecule has 0 aliphatic heterocycles. The van der Waals surface area contributed by atoms with Crippen LogP contribution >= 0.6 is 0 Å². The zero-order chi connectivity index (χ0) is 11.0. The van der Waals surface area contributed by atoms with E-state index < -0.39 is 11.9 Å². The van der Waals surface area contributed by atoms with Crippen LogP contribution in [0.15, 0.2) is 0 Å². The molecule has 0 heterocycles. The number of carbonyl (C=O) groups is 3. The second-order valence-electron chi connectivity index (χ2n) is 2.81. The average molecular weight is 202 g/mol. The van der Waals surface area contributed by atoms with Crippen LogP contribution in [0.25, 0.3) is 0 Å². The molecule has 6 heteroatoms. The first kappa shape index (κ1) is 12.4. The van der Waals surface area contributed by atoms with Crippen LogP contribution in [0.4, 0.5) is 0 Å². The lowest BCUT2D eigenvalue weighted by molar-refractivity contribution is -0.138. The molecule has 0 saturated heterocycles. The van der Waals surface area contributed by atoms with Crippen molar-refractivity contribution in [3.8, 4) is 0 Å². The van der Waals surface area contributed by atoms with Gasteiger partial charge in [-0.25, -0.2) is 0 Å². The minimum absolute atomic E-state index is 0.0358. The molecule has 0 rings (SSSR count). The van der Waals surface area contributed by atoms with Gasteiger partial charge in [0.25, 0.3) is 0 Å². The number of nitrogens with two attached hydrogens (primary N) is 1. The molecule has 0 fully saturated rings. The minimum Gasteiger partial charge on any atom is -0.481 e. The Bertz CT molecular complexity index is 227. The lowest BCUT2D eigenvalue weighted by atomic mass is 10.2. The van der Waals surface area contributed by atoms with Crippen molar-refractivity contribution in [3.63, 3.8) is 0 Å². The van der Waals surface area contributed by atoms with Crippen molar-refractivity contribution in [2.24, 2.45) is 5.73 Å². The summed E-state index contributed by atoms with van der Waals surface area (Å²) in [7, 11) is 0. The maximum Gasteiger partial charge on any atom is 0.303 e. The van der Waals surface area contributed by atoms with Gasteiger partial charge in [-0.15, -0.1) is 0 Å². The molecular formula is C8H14N2O4. The number of aliphatic carboxylic acids is 1. The van der Waals surface area contributed by atoms with Crippen molar-refractivity contribution in [2.45, 2.75) is 25.7 Å². The van der Waals surface area contributed by atoms with E-state index >= 15 is 0 Å². The Kier molecular flexibility index (Phi) is 6.09. The van der Waals surface area contributed by atoms with Crippen molar-refractivity contribution in [2.75, 3.05) is 6.54 Å². The quantitative estimate of drug-likeness (QED) is 0.471. The Hall–Kier alpha value is -1.59. The monoisotopic (exact) mass is 202 g/mol. The Labute approximate surface area is 81.5 Å². The van der Waals surface area contributed by atoms with Gasteiger partial charge >= 0.3 is 5.97 Å². The van der Waals surface area contributed by atoms with Gasteiger partial charge in [-0.1, -0.05) is 0 Å². The first-order chi connectivity index (χ1) is 6.52. The summed E-state index contributed by atoms with van der Waals surface area (Å²) in [5.74, 6) is -1.74. The summed E-state index contributed by atoms with van der Waals surface area (Å²) < 4.78 is 0. The largest absolute Gasteiger partial charge is 0.481 e. The highest BCUT2D eigenvalue weighted by molar-refractivity contribution is 5.80. The molecule has 4 N–H and O–H groups in total. The molecule has 2 amide bonds. The van der Waals surface area contributed by atoms with Crippen molar-refractivity contribution in [1.29, 1.82) is 0 Å². The fraction of sp³-hybridized carbons (Fsp3) is 0.625. The Morgan fingerprint density at radius 3 is 2.29 bits per heavy atom. The highest BCUT2D eigenvalue weighted by Crippen LogP contribution is 1.90. The number of rotatable bonds is 7. The van der Waals surface area contributed by atoms with Gasteiger partial charge in [-0.3, -0.25) is 14.4 Å². The fourth-order valence-electron chi connectivity index (χ4n) is 0.799. The van der Waals surface area contributed by atoms with E-state index in [-0.39, 0.29) is 25.2 Å². The Balaban J connectivity index is 3.36. The molecule has 0 bridgehead atoms. The summed E-state index contributed by atoms with van der Waals surface area (Å²) in [6.45, 7) is 0.349. The molecule has 0 aliphatic rings. The van der Waals surface area contributed by atoms with Crippen molar-refractivity contribution >= 4 is 17.8 Å². The normalized spacial score (nSPS) is 9.43. The van der Waals surface area contributed by atoms with Crippen LogP contribution in [0.1, 0.15) is 25.7 Å². The maximum absolute atomic E-state index is 10.9. The molecule has 0 atom stereocenters. The third kappa shape index (κ3) is 8.51. The zero-order valence-electron chi connectivity index (χ0n) is 7.78. The molecule has 0 radical (unpaired) electrons. The van der Waals surface area contributed by atoms with Crippen LogP contribution in [-0.4, -0.2) is 29.4 Å². The topological polar surface area (TPSA) is 109 Å². The van der Waals surface area contributed by atoms with E-state index in [0.717, 1.165) is 0 Å². The van der Waals surface area contributed by atoms with Crippen LogP contribution in [0.5, 0.6) is 0 Å². The first-order valence-electron chi connectivity index (χ1n) is 4.29. The zero-order valence-corrected chi connectivity index (χ0v) is 7.78. The predicted octanol–water partition coefficient (Wildman–Crippen LogP) is -0.767. The smallest absolute Gasteiger partial charge is 0.303 e. The van der Waals surface area contributed by atoms with Crippen molar-refractivity contribution < 1.29 is 19.5 Å². The SMILES string of the molecule is NC(=O)CCCNC(=O)CCC(=O)O. The summed E-state index contributed by atoms with van der Waals surface area (Å²) in [5.41, 5.74) is 4.88. The number of carboxylic acids is 1. The van der Waals surface area contributed by atoms with Crippen LogP contribution in [0.2, 0.25) is 0 Å². The van der Waals surface area contributed by atoms with E-state index in [1.165, 1.54) is 0 Å². The standard InChI is InChI=1S/C8H14N2O4/c9-6(11)2-1-5-10-7(12)3-4-8(13)14/h1-5H2,(H2,9,11)(H,10,12)(H,13,14). The summed E-state index contributed by atoms with van der Waals surface area (Å²) in [4.78, 5) is 31.3. The van der Waals surface area contributed by atoms with E-state index in [1.54, 1.807) is 0 Å². The molecule has 14 heavy (non-hydrogen) atoms. The molecule has 0 aliphatic carbocycles. The highest BCUT2D eigenvalue weighted by Gasteiger charge is 2.04. The number of nitrogens with one attached hydrogen (secondary N) is 1. The summed E-state index contributed by atoms with van der Waals surface area (Å²) >= 11 is 0. The van der Waals surface area contributed by atoms with Gasteiger partial charge < -0.3 is 16.2 Å². The second kappa shape index (κ2) is 6.88. The van der Waals surface area contributed by atoms with Gasteiger partial charge in [-0.2, -0.15) is 0 Å². The molecule has 0 aromatic carbocycles. The van der Waals surface area contributed by atoms with E-state index in [4.69, 9.17) is 10.8 Å². The minimum atomic E-state index is -1.00. The lowest BCUT2D eigenvalue weighted by Gasteiger charge is -2.02. The molecule has 0 spiro atoms. The van der Waals surface area contributed by atoms with Gasteiger partial charge in [0, 0.05) is 19.4 Å². The van der Waals surface area contributed by atoms with Crippen LogP contribution in [-0.2, 0) is 14.4 Å². The maximum atomic E-state index is 10.9. The number of carboxylic acid groups (broad SMARTS) is 1. The van der Waals surface area contributed by atoms with Gasteiger partial charge in [-0.05, 0) is 6.42 Å². The molecule has 0 unspecified atom stereocenters. The fourth-order valence-corrected chi connectivity index (χ4v) is 0.799. The van der Waals surface area contributed by atoms with Crippen molar-refractivity contribution in [1.82, 2.24) is 5.32 Å². The lowest BCUT2D eigenvalue weighted by Crippen LogP contribution is -2.25. The highest BCUT2D eigenvalue weighted by atomic mass is 16.4. The van der Waals surface area contributed by atoms with E-state index in [9.17, 15) is 14.4 Å². The third-order valence-corrected chi connectivity index (χ3v) is 1.49. The van der Waals surface area contributed by atoms with Crippen LogP contribution in [0, 0.1) is 0 Å². The number of hydrogen-bond donors (Lipinski definition) is 3. The predicted molar refractivity (Wildman–Crippen MR) is 48.3 cm³/mol. The first-order valence-corrected chi connectivity index (χ1v) is 4.29. The molecule has 0 saturated carbocycles. The van der Waals surface area contributed by atoms with Crippen LogP contribution in [0.3, 0.4) is 0 Å². The molecular weight excluding hydrogens is 188 g/mol. The molecule has 6 nitrogen and oxygen atoms in total. The number of amides is 2. The second-order valence-corrected chi connectivity index (χ2v) is 2.81. The van der Waals surface area contributed by atoms with Crippen LogP contribution < -0.4 is 11.1 Å².